The lowest BCUT2D eigenvalue weighted by Gasteiger charge is -2.21. The zero-order valence-corrected chi connectivity index (χ0v) is 10.8. The van der Waals surface area contributed by atoms with Crippen LogP contribution in [0, 0.1) is 10.1 Å². The van der Waals surface area contributed by atoms with Crippen molar-refractivity contribution in [3.8, 4) is 0 Å². The lowest BCUT2D eigenvalue weighted by atomic mass is 10.1. The number of carbonyl (C=O) groups is 1. The molecular weight excluding hydrogens is 246 g/mol. The van der Waals surface area contributed by atoms with Crippen molar-refractivity contribution < 1.29 is 9.72 Å². The van der Waals surface area contributed by atoms with Crippen LogP contribution in [0.25, 0.3) is 0 Å². The topological polar surface area (TPSA) is 75.5 Å². The van der Waals surface area contributed by atoms with E-state index in [9.17, 15) is 14.9 Å². The third-order valence-electron chi connectivity index (χ3n) is 3.28. The summed E-state index contributed by atoms with van der Waals surface area (Å²) in [6.45, 7) is 1.26. The molecule has 1 amide bonds. The van der Waals surface area contributed by atoms with E-state index in [1.165, 1.54) is 12.1 Å². The number of nitrogens with one attached hydrogen (secondary N) is 1. The van der Waals surface area contributed by atoms with Crippen LogP contribution in [-0.4, -0.2) is 35.4 Å². The molecule has 102 valence electrons. The van der Waals surface area contributed by atoms with Crippen LogP contribution in [0.3, 0.4) is 0 Å². The molecule has 0 radical (unpaired) electrons. The summed E-state index contributed by atoms with van der Waals surface area (Å²) in [5.41, 5.74) is 0.820. The molecule has 1 saturated heterocycles. The van der Waals surface area contributed by atoms with Crippen LogP contribution in [0.1, 0.15) is 18.4 Å². The average Bonchev–Trinajstić information content (AvgIpc) is 2.92. The molecule has 1 aliphatic heterocycles. The standard InChI is InChI=1S/C13H17N3O3/c1-15(13(17)12-6-3-7-14-12)9-10-4-2-5-11(8-10)16(18)19/h2,4-5,8,12,14H,3,6-7,9H2,1H3/t12-/m1/s1. The van der Waals surface area contributed by atoms with Crippen LogP contribution in [0.2, 0.25) is 0 Å². The van der Waals surface area contributed by atoms with Gasteiger partial charge in [0.1, 0.15) is 0 Å². The summed E-state index contributed by atoms with van der Waals surface area (Å²) in [7, 11) is 1.72. The van der Waals surface area contributed by atoms with Gasteiger partial charge in [0, 0.05) is 25.7 Å². The second-order valence-electron chi connectivity index (χ2n) is 4.77. The molecule has 1 heterocycles. The molecule has 0 unspecified atom stereocenters. The Labute approximate surface area is 111 Å². The number of nitro groups is 1. The van der Waals surface area contributed by atoms with Crippen LogP contribution >= 0.6 is 0 Å². The van der Waals surface area contributed by atoms with E-state index in [0.717, 1.165) is 24.9 Å². The molecule has 1 N–H and O–H groups in total. The number of hydrogen-bond acceptors (Lipinski definition) is 4. The van der Waals surface area contributed by atoms with E-state index >= 15 is 0 Å². The quantitative estimate of drug-likeness (QED) is 0.656. The molecule has 0 bridgehead atoms. The van der Waals surface area contributed by atoms with Gasteiger partial charge in [0.15, 0.2) is 0 Å². The maximum Gasteiger partial charge on any atom is 0.269 e. The molecule has 1 aromatic carbocycles. The van der Waals surface area contributed by atoms with Crippen molar-refractivity contribution in [3.63, 3.8) is 0 Å². The Balaban J connectivity index is 2.01. The number of likely N-dealkylation sites (N-methyl/N-ethyl adjacent to an activating group) is 1. The van der Waals surface area contributed by atoms with E-state index in [0.29, 0.717) is 6.54 Å². The number of nitro benzene ring substituents is 1. The summed E-state index contributed by atoms with van der Waals surface area (Å²) < 4.78 is 0. The molecule has 19 heavy (non-hydrogen) atoms. The van der Waals surface area contributed by atoms with Crippen molar-refractivity contribution in [2.45, 2.75) is 25.4 Å². The molecule has 0 aliphatic carbocycles. The SMILES string of the molecule is CN(Cc1cccc([N+](=O)[O-])c1)C(=O)[C@H]1CCCN1. The van der Waals surface area contributed by atoms with Crippen LogP contribution in [0.5, 0.6) is 0 Å². The third-order valence-corrected chi connectivity index (χ3v) is 3.28. The normalized spacial score (nSPS) is 18.3. The van der Waals surface area contributed by atoms with Gasteiger partial charge >= 0.3 is 0 Å². The number of amides is 1. The van der Waals surface area contributed by atoms with Crippen molar-refractivity contribution in [2.24, 2.45) is 0 Å². The summed E-state index contributed by atoms with van der Waals surface area (Å²) >= 11 is 0. The number of hydrogen-bond donors (Lipinski definition) is 1. The van der Waals surface area contributed by atoms with Gasteiger partial charge in [-0.1, -0.05) is 12.1 Å². The Kier molecular flexibility index (Phi) is 4.11. The molecule has 2 rings (SSSR count). The Morgan fingerprint density at radius 1 is 1.58 bits per heavy atom. The fourth-order valence-electron chi connectivity index (χ4n) is 2.28. The highest BCUT2D eigenvalue weighted by Gasteiger charge is 2.25. The first-order chi connectivity index (χ1) is 9.08. The molecule has 1 fully saturated rings. The first kappa shape index (κ1) is 13.5. The van der Waals surface area contributed by atoms with Crippen LogP contribution < -0.4 is 5.32 Å². The molecule has 0 saturated carbocycles. The molecule has 1 atom stereocenters. The predicted molar refractivity (Wildman–Crippen MR) is 70.6 cm³/mol. The van der Waals surface area contributed by atoms with E-state index in [-0.39, 0.29) is 17.6 Å². The Hall–Kier alpha value is -1.95. The highest BCUT2D eigenvalue weighted by molar-refractivity contribution is 5.81. The number of rotatable bonds is 4. The largest absolute Gasteiger partial charge is 0.340 e. The number of non-ortho nitro benzene ring substituents is 1. The van der Waals surface area contributed by atoms with E-state index < -0.39 is 4.92 Å². The van der Waals surface area contributed by atoms with E-state index in [4.69, 9.17) is 0 Å². The Bertz CT molecular complexity index is 484. The number of nitrogens with zero attached hydrogens (tertiary/aromatic N) is 2. The van der Waals surface area contributed by atoms with Crippen LogP contribution in [0.15, 0.2) is 24.3 Å². The van der Waals surface area contributed by atoms with Crippen molar-refractivity contribution in [1.82, 2.24) is 10.2 Å². The van der Waals surface area contributed by atoms with Gasteiger partial charge in [0.2, 0.25) is 5.91 Å². The van der Waals surface area contributed by atoms with Crippen LogP contribution in [0.4, 0.5) is 5.69 Å². The predicted octanol–water partition coefficient (Wildman–Crippen LogP) is 1.31. The first-order valence-electron chi connectivity index (χ1n) is 6.29. The van der Waals surface area contributed by atoms with Crippen LogP contribution in [-0.2, 0) is 11.3 Å². The maximum absolute atomic E-state index is 12.1. The van der Waals surface area contributed by atoms with Gasteiger partial charge in [-0.3, -0.25) is 14.9 Å². The van der Waals surface area contributed by atoms with E-state index in [2.05, 4.69) is 5.32 Å². The van der Waals surface area contributed by atoms with Crippen molar-refractivity contribution >= 4 is 11.6 Å². The molecule has 1 aromatic rings. The number of carbonyl (C=O) groups excluding carboxylic acids is 1. The smallest absolute Gasteiger partial charge is 0.269 e. The molecular formula is C13H17N3O3. The van der Waals surface area contributed by atoms with Crippen molar-refractivity contribution in [1.29, 1.82) is 0 Å². The highest BCUT2D eigenvalue weighted by Crippen LogP contribution is 2.15. The lowest BCUT2D eigenvalue weighted by Crippen LogP contribution is -2.41. The van der Waals surface area contributed by atoms with Crippen molar-refractivity contribution in [3.05, 3.63) is 39.9 Å². The fourth-order valence-corrected chi connectivity index (χ4v) is 2.28. The minimum Gasteiger partial charge on any atom is -0.340 e. The summed E-state index contributed by atoms with van der Waals surface area (Å²) in [6, 6.07) is 6.28. The zero-order chi connectivity index (χ0) is 13.8. The van der Waals surface area contributed by atoms with Gasteiger partial charge in [-0.05, 0) is 24.9 Å². The molecule has 0 aromatic heterocycles. The molecule has 0 spiro atoms. The molecule has 6 nitrogen and oxygen atoms in total. The second-order valence-corrected chi connectivity index (χ2v) is 4.77. The fraction of sp³-hybridized carbons (Fsp3) is 0.462. The third kappa shape index (κ3) is 3.29. The van der Waals surface area contributed by atoms with Gasteiger partial charge in [-0.15, -0.1) is 0 Å². The molecule has 6 heteroatoms. The second kappa shape index (κ2) is 5.79. The zero-order valence-electron chi connectivity index (χ0n) is 10.8. The van der Waals surface area contributed by atoms with Gasteiger partial charge < -0.3 is 10.2 Å². The lowest BCUT2D eigenvalue weighted by molar-refractivity contribution is -0.384. The van der Waals surface area contributed by atoms with E-state index in [1.54, 1.807) is 24.1 Å². The van der Waals surface area contributed by atoms with Gasteiger partial charge in [-0.2, -0.15) is 0 Å². The molecule has 1 aliphatic rings. The minimum absolute atomic E-state index is 0.0454. The van der Waals surface area contributed by atoms with E-state index in [1.807, 2.05) is 0 Å². The summed E-state index contributed by atoms with van der Waals surface area (Å²) in [5, 5.41) is 13.9. The minimum atomic E-state index is -0.427. The Morgan fingerprint density at radius 3 is 3.00 bits per heavy atom. The summed E-state index contributed by atoms with van der Waals surface area (Å²) in [5.74, 6) is 0.0454. The maximum atomic E-state index is 12.1. The summed E-state index contributed by atoms with van der Waals surface area (Å²) in [6.07, 6.45) is 1.87. The number of benzene rings is 1. The van der Waals surface area contributed by atoms with Gasteiger partial charge in [0.05, 0.1) is 11.0 Å². The Morgan fingerprint density at radius 2 is 2.37 bits per heavy atom. The van der Waals surface area contributed by atoms with Gasteiger partial charge in [0.25, 0.3) is 5.69 Å². The monoisotopic (exact) mass is 263 g/mol. The first-order valence-corrected chi connectivity index (χ1v) is 6.29. The summed E-state index contributed by atoms with van der Waals surface area (Å²) in [4.78, 5) is 24.0. The van der Waals surface area contributed by atoms with Crippen molar-refractivity contribution in [2.75, 3.05) is 13.6 Å². The highest BCUT2D eigenvalue weighted by atomic mass is 16.6. The average molecular weight is 263 g/mol. The van der Waals surface area contributed by atoms with Gasteiger partial charge in [-0.25, -0.2) is 0 Å².